The Labute approximate surface area is 140 Å². The van der Waals surface area contributed by atoms with Crippen molar-refractivity contribution in [2.75, 3.05) is 27.2 Å². The summed E-state index contributed by atoms with van der Waals surface area (Å²) in [5.41, 5.74) is 1.23. The SMILES string of the molecule is CC1CCNC(C(=O)NCC(c2ccccc2)N(C)C)C1.Cl. The zero-order chi connectivity index (χ0) is 15.2. The molecule has 5 heteroatoms. The molecule has 0 bridgehead atoms. The van der Waals surface area contributed by atoms with Gasteiger partial charge in [-0.1, -0.05) is 37.3 Å². The minimum absolute atomic E-state index is 0. The second-order valence-electron chi connectivity index (χ2n) is 6.27. The maximum absolute atomic E-state index is 12.3. The van der Waals surface area contributed by atoms with Gasteiger partial charge in [0.15, 0.2) is 0 Å². The lowest BCUT2D eigenvalue weighted by Gasteiger charge is -2.29. The van der Waals surface area contributed by atoms with Crippen LogP contribution in [-0.2, 0) is 4.79 Å². The summed E-state index contributed by atoms with van der Waals surface area (Å²) in [6, 6.07) is 10.5. The fourth-order valence-electron chi connectivity index (χ4n) is 2.90. The van der Waals surface area contributed by atoms with E-state index in [1.165, 1.54) is 5.56 Å². The van der Waals surface area contributed by atoms with Crippen LogP contribution in [-0.4, -0.2) is 44.0 Å². The molecule has 2 rings (SSSR count). The maximum Gasteiger partial charge on any atom is 0.237 e. The molecule has 0 saturated carbocycles. The van der Waals surface area contributed by atoms with Crippen LogP contribution in [0.25, 0.3) is 0 Å². The van der Waals surface area contributed by atoms with Gasteiger partial charge in [0, 0.05) is 6.54 Å². The van der Waals surface area contributed by atoms with E-state index >= 15 is 0 Å². The van der Waals surface area contributed by atoms with E-state index < -0.39 is 0 Å². The standard InChI is InChI=1S/C17H27N3O.ClH/c1-13-9-10-18-15(11-13)17(21)19-12-16(20(2)3)14-7-5-4-6-8-14;/h4-8,13,15-16,18H,9-12H2,1-3H3,(H,19,21);1H. The Hall–Kier alpha value is -1.10. The summed E-state index contributed by atoms with van der Waals surface area (Å²) in [5, 5.41) is 6.43. The van der Waals surface area contributed by atoms with Gasteiger partial charge in [-0.15, -0.1) is 12.4 Å². The normalized spacial score (nSPS) is 22.7. The Morgan fingerprint density at radius 1 is 1.36 bits per heavy atom. The summed E-state index contributed by atoms with van der Waals surface area (Å²) in [4.78, 5) is 14.5. The Balaban J connectivity index is 0.00000242. The molecule has 22 heavy (non-hydrogen) atoms. The molecule has 2 N–H and O–H groups in total. The minimum atomic E-state index is -0.0349. The van der Waals surface area contributed by atoms with Crippen LogP contribution in [0.3, 0.4) is 0 Å². The summed E-state index contributed by atoms with van der Waals surface area (Å²) in [7, 11) is 4.09. The number of halogens is 1. The largest absolute Gasteiger partial charge is 0.353 e. The summed E-state index contributed by atoms with van der Waals surface area (Å²) in [6.45, 7) is 3.80. The fraction of sp³-hybridized carbons (Fsp3) is 0.588. The van der Waals surface area contributed by atoms with Crippen LogP contribution < -0.4 is 10.6 Å². The Kier molecular flexibility index (Phi) is 7.87. The Bertz CT molecular complexity index is 452. The molecule has 1 heterocycles. The topological polar surface area (TPSA) is 44.4 Å². The zero-order valence-corrected chi connectivity index (χ0v) is 14.5. The second-order valence-corrected chi connectivity index (χ2v) is 6.27. The maximum atomic E-state index is 12.3. The van der Waals surface area contributed by atoms with Gasteiger partial charge >= 0.3 is 0 Å². The highest BCUT2D eigenvalue weighted by Crippen LogP contribution is 2.18. The van der Waals surface area contributed by atoms with E-state index in [9.17, 15) is 4.79 Å². The highest BCUT2D eigenvalue weighted by Gasteiger charge is 2.25. The molecule has 1 aromatic rings. The molecule has 3 unspecified atom stereocenters. The van der Waals surface area contributed by atoms with Gasteiger partial charge in [-0.2, -0.15) is 0 Å². The third kappa shape index (κ3) is 5.27. The lowest BCUT2D eigenvalue weighted by Crippen LogP contribution is -2.49. The molecule has 4 nitrogen and oxygen atoms in total. The highest BCUT2D eigenvalue weighted by molar-refractivity contribution is 5.85. The molecule has 0 spiro atoms. The number of carbonyl (C=O) groups is 1. The monoisotopic (exact) mass is 325 g/mol. The van der Waals surface area contributed by atoms with Crippen molar-refractivity contribution < 1.29 is 4.79 Å². The van der Waals surface area contributed by atoms with E-state index in [2.05, 4.69) is 34.6 Å². The number of benzene rings is 1. The molecule has 0 radical (unpaired) electrons. The number of nitrogens with zero attached hydrogens (tertiary/aromatic N) is 1. The minimum Gasteiger partial charge on any atom is -0.353 e. The molecule has 3 atom stereocenters. The van der Waals surface area contributed by atoms with Crippen molar-refractivity contribution in [3.63, 3.8) is 0 Å². The molecular formula is C17H28ClN3O. The first-order valence-electron chi connectivity index (χ1n) is 7.80. The molecule has 0 aromatic heterocycles. The van der Waals surface area contributed by atoms with Crippen molar-refractivity contribution >= 4 is 18.3 Å². The van der Waals surface area contributed by atoms with Gasteiger partial charge in [-0.3, -0.25) is 4.79 Å². The van der Waals surface area contributed by atoms with Crippen molar-refractivity contribution in [2.45, 2.75) is 31.8 Å². The fourth-order valence-corrected chi connectivity index (χ4v) is 2.90. The van der Waals surface area contributed by atoms with E-state index in [1.54, 1.807) is 0 Å². The van der Waals surface area contributed by atoms with Crippen LogP contribution in [0.2, 0.25) is 0 Å². The summed E-state index contributed by atoms with van der Waals surface area (Å²) in [5.74, 6) is 0.755. The Morgan fingerprint density at radius 2 is 2.05 bits per heavy atom. The van der Waals surface area contributed by atoms with Gasteiger partial charge in [-0.05, 0) is 45.0 Å². The molecule has 1 amide bonds. The lowest BCUT2D eigenvalue weighted by molar-refractivity contribution is -0.124. The first-order valence-corrected chi connectivity index (χ1v) is 7.80. The van der Waals surface area contributed by atoms with Crippen molar-refractivity contribution in [3.05, 3.63) is 35.9 Å². The number of amides is 1. The third-order valence-corrected chi connectivity index (χ3v) is 4.26. The number of likely N-dealkylation sites (N-methyl/N-ethyl adjacent to an activating group) is 1. The molecular weight excluding hydrogens is 298 g/mol. The highest BCUT2D eigenvalue weighted by atomic mass is 35.5. The molecule has 1 saturated heterocycles. The van der Waals surface area contributed by atoms with Gasteiger partial charge in [0.05, 0.1) is 12.1 Å². The first-order chi connectivity index (χ1) is 10.1. The van der Waals surface area contributed by atoms with Crippen LogP contribution in [0.15, 0.2) is 30.3 Å². The van der Waals surface area contributed by atoms with E-state index in [1.807, 2.05) is 32.3 Å². The van der Waals surface area contributed by atoms with Crippen molar-refractivity contribution in [1.29, 1.82) is 0 Å². The number of hydrogen-bond donors (Lipinski definition) is 2. The zero-order valence-electron chi connectivity index (χ0n) is 13.7. The van der Waals surface area contributed by atoms with Crippen LogP contribution in [0.1, 0.15) is 31.4 Å². The molecule has 124 valence electrons. The van der Waals surface area contributed by atoms with E-state index in [0.29, 0.717) is 12.5 Å². The van der Waals surface area contributed by atoms with Gasteiger partial charge < -0.3 is 15.5 Å². The summed E-state index contributed by atoms with van der Waals surface area (Å²) >= 11 is 0. The average molecular weight is 326 g/mol. The predicted molar refractivity (Wildman–Crippen MR) is 93.3 cm³/mol. The first kappa shape index (κ1) is 18.9. The van der Waals surface area contributed by atoms with Gasteiger partial charge in [-0.25, -0.2) is 0 Å². The quantitative estimate of drug-likeness (QED) is 0.872. The number of hydrogen-bond acceptors (Lipinski definition) is 3. The van der Waals surface area contributed by atoms with Crippen LogP contribution in [0, 0.1) is 5.92 Å². The third-order valence-electron chi connectivity index (χ3n) is 4.26. The van der Waals surface area contributed by atoms with E-state index in [-0.39, 0.29) is 30.4 Å². The van der Waals surface area contributed by atoms with E-state index in [0.717, 1.165) is 19.4 Å². The van der Waals surface area contributed by atoms with Gasteiger partial charge in [0.2, 0.25) is 5.91 Å². The molecule has 0 aliphatic carbocycles. The predicted octanol–water partition coefficient (Wildman–Crippen LogP) is 2.22. The smallest absolute Gasteiger partial charge is 0.237 e. The van der Waals surface area contributed by atoms with Crippen molar-refractivity contribution in [1.82, 2.24) is 15.5 Å². The van der Waals surface area contributed by atoms with Gasteiger partial charge in [0.25, 0.3) is 0 Å². The summed E-state index contributed by atoms with van der Waals surface area (Å²) in [6.07, 6.45) is 2.10. The summed E-state index contributed by atoms with van der Waals surface area (Å²) < 4.78 is 0. The molecule has 1 aromatic carbocycles. The van der Waals surface area contributed by atoms with E-state index in [4.69, 9.17) is 0 Å². The van der Waals surface area contributed by atoms with Gasteiger partial charge in [0.1, 0.15) is 0 Å². The lowest BCUT2D eigenvalue weighted by atomic mass is 9.94. The van der Waals surface area contributed by atoms with Crippen molar-refractivity contribution in [2.24, 2.45) is 5.92 Å². The second kappa shape index (κ2) is 9.13. The number of rotatable bonds is 5. The molecule has 1 fully saturated rings. The van der Waals surface area contributed by atoms with Crippen molar-refractivity contribution in [3.8, 4) is 0 Å². The average Bonchev–Trinajstić information content (AvgIpc) is 2.48. The number of carbonyl (C=O) groups excluding carboxylic acids is 1. The Morgan fingerprint density at radius 3 is 2.64 bits per heavy atom. The van der Waals surface area contributed by atoms with Crippen LogP contribution >= 0.6 is 12.4 Å². The van der Waals surface area contributed by atoms with Crippen LogP contribution in [0.5, 0.6) is 0 Å². The number of nitrogens with one attached hydrogen (secondary N) is 2. The molecule has 1 aliphatic rings. The van der Waals surface area contributed by atoms with Crippen LogP contribution in [0.4, 0.5) is 0 Å². The molecule has 1 aliphatic heterocycles. The number of piperidine rings is 1.